The van der Waals surface area contributed by atoms with E-state index in [1.165, 1.54) is 18.2 Å². The van der Waals surface area contributed by atoms with E-state index >= 15 is 0 Å². The Labute approximate surface area is 182 Å². The van der Waals surface area contributed by atoms with Crippen molar-refractivity contribution in [2.45, 2.75) is 32.1 Å². The smallest absolute Gasteiger partial charge is 0.409 e. The van der Waals surface area contributed by atoms with Crippen molar-refractivity contribution in [2.24, 2.45) is 0 Å². The highest BCUT2D eigenvalue weighted by Crippen LogP contribution is 2.38. The van der Waals surface area contributed by atoms with Gasteiger partial charge < -0.3 is 14.8 Å². The van der Waals surface area contributed by atoms with E-state index in [0.29, 0.717) is 29.5 Å². The number of para-hydroxylation sites is 2. The van der Waals surface area contributed by atoms with Crippen LogP contribution in [-0.4, -0.2) is 48.8 Å². The molecule has 32 heavy (non-hydrogen) atoms. The van der Waals surface area contributed by atoms with Crippen LogP contribution >= 0.6 is 0 Å². The summed E-state index contributed by atoms with van der Waals surface area (Å²) in [5, 5.41) is 2.47. The molecule has 170 valence electrons. The van der Waals surface area contributed by atoms with Crippen LogP contribution in [0.4, 0.5) is 24.5 Å². The molecule has 0 radical (unpaired) electrons. The van der Waals surface area contributed by atoms with Crippen LogP contribution in [0.5, 0.6) is 11.5 Å². The molecule has 0 saturated heterocycles. The minimum absolute atomic E-state index is 0.0322. The summed E-state index contributed by atoms with van der Waals surface area (Å²) in [5.74, 6) is -0.311. The third kappa shape index (κ3) is 4.50. The number of nitrogens with one attached hydrogen (secondary N) is 1. The predicted octanol–water partition coefficient (Wildman–Crippen LogP) is 3.54. The van der Waals surface area contributed by atoms with Crippen molar-refractivity contribution in [3.63, 3.8) is 0 Å². The molecule has 0 aliphatic carbocycles. The first-order valence-corrected chi connectivity index (χ1v) is 10.1. The standard InChI is InChI=1S/C22H22F3N3O4/c1-2-27(11-14-7-8-17-18(9-14)32-13-31-17)12-21(30)28-16-6-4-3-5-15(16)26-20(29)10-19(28)22(23,24)25/h3-9,19H,2,10-13H2,1H3,(H,26,29). The van der Waals surface area contributed by atoms with Gasteiger partial charge in [-0.3, -0.25) is 19.4 Å². The number of amides is 2. The molecule has 0 fully saturated rings. The maximum atomic E-state index is 13.9. The van der Waals surface area contributed by atoms with Crippen molar-refractivity contribution >= 4 is 23.2 Å². The number of ether oxygens (including phenoxy) is 2. The molecule has 2 aromatic carbocycles. The summed E-state index contributed by atoms with van der Waals surface area (Å²) in [7, 11) is 0. The van der Waals surface area contributed by atoms with Gasteiger partial charge in [-0.15, -0.1) is 0 Å². The molecule has 7 nitrogen and oxygen atoms in total. The molecule has 2 amide bonds. The highest BCUT2D eigenvalue weighted by molar-refractivity contribution is 6.05. The summed E-state index contributed by atoms with van der Waals surface area (Å²) < 4.78 is 52.3. The summed E-state index contributed by atoms with van der Waals surface area (Å²) in [6, 6.07) is 9.14. The Kier molecular flexibility index (Phi) is 5.96. The predicted molar refractivity (Wildman–Crippen MR) is 111 cm³/mol. The molecule has 0 bridgehead atoms. The molecular formula is C22H22F3N3O4. The van der Waals surface area contributed by atoms with Crippen molar-refractivity contribution < 1.29 is 32.2 Å². The van der Waals surface area contributed by atoms with Gasteiger partial charge in [0.25, 0.3) is 0 Å². The first-order chi connectivity index (χ1) is 15.3. The maximum absolute atomic E-state index is 13.9. The normalized spacial score (nSPS) is 17.7. The van der Waals surface area contributed by atoms with Gasteiger partial charge in [-0.05, 0) is 36.4 Å². The van der Waals surface area contributed by atoms with E-state index in [9.17, 15) is 22.8 Å². The lowest BCUT2D eigenvalue weighted by atomic mass is 10.1. The SMILES string of the molecule is CCN(CC(=O)N1c2ccccc2NC(=O)CC1C(F)(F)F)Cc1ccc2c(c1)OCO2. The number of carbonyl (C=O) groups excluding carboxylic acids is 2. The molecule has 1 atom stereocenters. The van der Waals surface area contributed by atoms with Crippen LogP contribution in [0.2, 0.25) is 0 Å². The topological polar surface area (TPSA) is 71.1 Å². The van der Waals surface area contributed by atoms with Crippen LogP contribution in [0, 0.1) is 0 Å². The molecular weight excluding hydrogens is 427 g/mol. The van der Waals surface area contributed by atoms with Crippen LogP contribution in [0.15, 0.2) is 42.5 Å². The van der Waals surface area contributed by atoms with Crippen LogP contribution in [-0.2, 0) is 16.1 Å². The van der Waals surface area contributed by atoms with Crippen LogP contribution < -0.4 is 19.7 Å². The Morgan fingerprint density at radius 2 is 1.94 bits per heavy atom. The molecule has 1 unspecified atom stereocenters. The van der Waals surface area contributed by atoms with E-state index < -0.39 is 30.5 Å². The maximum Gasteiger partial charge on any atom is 0.409 e. The minimum atomic E-state index is -4.77. The van der Waals surface area contributed by atoms with E-state index in [4.69, 9.17) is 9.47 Å². The Morgan fingerprint density at radius 3 is 2.69 bits per heavy atom. The van der Waals surface area contributed by atoms with E-state index in [1.54, 1.807) is 23.1 Å². The number of anilines is 2. The molecule has 0 spiro atoms. The first kappa shape index (κ1) is 21.9. The zero-order valence-corrected chi connectivity index (χ0v) is 17.3. The monoisotopic (exact) mass is 449 g/mol. The lowest BCUT2D eigenvalue weighted by Crippen LogP contribution is -2.52. The minimum Gasteiger partial charge on any atom is -0.454 e. The molecule has 1 N–H and O–H groups in total. The molecule has 0 aromatic heterocycles. The molecule has 2 aliphatic rings. The van der Waals surface area contributed by atoms with Gasteiger partial charge in [-0.25, -0.2) is 0 Å². The number of benzene rings is 2. The number of fused-ring (bicyclic) bond motifs is 2. The number of rotatable bonds is 5. The van der Waals surface area contributed by atoms with Gasteiger partial charge in [0, 0.05) is 6.54 Å². The number of alkyl halides is 3. The van der Waals surface area contributed by atoms with Crippen LogP contribution in [0.3, 0.4) is 0 Å². The van der Waals surface area contributed by atoms with Gasteiger partial charge >= 0.3 is 6.18 Å². The summed E-state index contributed by atoms with van der Waals surface area (Å²) in [6.07, 6.45) is -5.63. The molecule has 2 aliphatic heterocycles. The summed E-state index contributed by atoms with van der Waals surface area (Å²) in [6.45, 7) is 2.48. The van der Waals surface area contributed by atoms with Gasteiger partial charge in [0.15, 0.2) is 11.5 Å². The molecule has 4 rings (SSSR count). The van der Waals surface area contributed by atoms with E-state index in [0.717, 1.165) is 5.56 Å². The average Bonchev–Trinajstić information content (AvgIpc) is 3.14. The number of carbonyl (C=O) groups is 2. The second-order valence-corrected chi connectivity index (χ2v) is 7.58. The molecule has 0 saturated carbocycles. The number of hydrogen-bond acceptors (Lipinski definition) is 5. The van der Waals surface area contributed by atoms with Crippen molar-refractivity contribution in [1.29, 1.82) is 0 Å². The third-order valence-electron chi connectivity index (χ3n) is 5.42. The Morgan fingerprint density at radius 1 is 1.19 bits per heavy atom. The first-order valence-electron chi connectivity index (χ1n) is 10.1. The highest BCUT2D eigenvalue weighted by atomic mass is 19.4. The van der Waals surface area contributed by atoms with Crippen molar-refractivity contribution in [3.05, 3.63) is 48.0 Å². The second kappa shape index (κ2) is 8.70. The lowest BCUT2D eigenvalue weighted by molar-refractivity contribution is -0.158. The zero-order chi connectivity index (χ0) is 22.9. The van der Waals surface area contributed by atoms with Gasteiger partial charge in [-0.1, -0.05) is 25.1 Å². The van der Waals surface area contributed by atoms with E-state index in [1.807, 2.05) is 13.0 Å². The quantitative estimate of drug-likeness (QED) is 0.756. The van der Waals surface area contributed by atoms with Crippen molar-refractivity contribution in [1.82, 2.24) is 4.90 Å². The van der Waals surface area contributed by atoms with Gasteiger partial charge in [0.1, 0.15) is 6.04 Å². The number of hydrogen-bond donors (Lipinski definition) is 1. The second-order valence-electron chi connectivity index (χ2n) is 7.58. The summed E-state index contributed by atoms with van der Waals surface area (Å²) >= 11 is 0. The largest absolute Gasteiger partial charge is 0.454 e. The molecule has 2 heterocycles. The van der Waals surface area contributed by atoms with Crippen LogP contribution in [0.25, 0.3) is 0 Å². The molecule has 10 heteroatoms. The fourth-order valence-corrected chi connectivity index (χ4v) is 3.84. The lowest BCUT2D eigenvalue weighted by Gasteiger charge is -2.33. The summed E-state index contributed by atoms with van der Waals surface area (Å²) in [4.78, 5) is 27.8. The van der Waals surface area contributed by atoms with Gasteiger partial charge in [0.2, 0.25) is 18.6 Å². The number of halogens is 3. The van der Waals surface area contributed by atoms with E-state index in [2.05, 4.69) is 5.32 Å². The highest BCUT2D eigenvalue weighted by Gasteiger charge is 2.49. The Bertz CT molecular complexity index is 1030. The van der Waals surface area contributed by atoms with Gasteiger partial charge in [0.05, 0.1) is 24.3 Å². The number of likely N-dealkylation sites (N-methyl/N-ethyl adjacent to an activating group) is 1. The summed E-state index contributed by atoms with van der Waals surface area (Å²) in [5.41, 5.74) is 1.05. The van der Waals surface area contributed by atoms with Crippen molar-refractivity contribution in [2.75, 3.05) is 30.1 Å². The van der Waals surface area contributed by atoms with Crippen molar-refractivity contribution in [3.8, 4) is 11.5 Å². The average molecular weight is 449 g/mol. The third-order valence-corrected chi connectivity index (χ3v) is 5.42. The van der Waals surface area contributed by atoms with E-state index in [-0.39, 0.29) is 24.7 Å². The fraction of sp³-hybridized carbons (Fsp3) is 0.364. The Hall–Kier alpha value is -3.27. The number of nitrogens with zero attached hydrogens (tertiary/aromatic N) is 2. The zero-order valence-electron chi connectivity index (χ0n) is 17.3. The molecule has 2 aromatic rings. The Balaban J connectivity index is 1.59. The van der Waals surface area contributed by atoms with Crippen LogP contribution in [0.1, 0.15) is 18.9 Å². The fourth-order valence-electron chi connectivity index (χ4n) is 3.84. The van der Waals surface area contributed by atoms with Gasteiger partial charge in [-0.2, -0.15) is 13.2 Å².